The molecule has 0 atom stereocenters. The molecule has 0 aliphatic carbocycles. The first-order valence-electron chi connectivity index (χ1n) is 8.19. The van der Waals surface area contributed by atoms with Gasteiger partial charge in [-0.05, 0) is 18.2 Å². The number of para-hydroxylation sites is 1. The number of methoxy groups -OCH3 is 1. The molecule has 0 saturated heterocycles. The van der Waals surface area contributed by atoms with E-state index in [4.69, 9.17) is 4.74 Å². The van der Waals surface area contributed by atoms with Crippen LogP contribution in [0, 0.1) is 0 Å². The molecule has 0 radical (unpaired) electrons. The van der Waals surface area contributed by atoms with E-state index in [1.165, 1.54) is 0 Å². The number of hydrogen-bond acceptors (Lipinski definition) is 5. The van der Waals surface area contributed by atoms with E-state index in [-0.39, 0.29) is 6.61 Å². The smallest absolute Gasteiger partial charge is 0.123 e. The van der Waals surface area contributed by atoms with Gasteiger partial charge in [0.15, 0.2) is 0 Å². The number of aliphatic hydroxyl groups is 1. The molecular formula is C19H22N4O2. The number of aromatic amines is 1. The Morgan fingerprint density at radius 2 is 1.92 bits per heavy atom. The molecule has 0 spiro atoms. The lowest BCUT2D eigenvalue weighted by Gasteiger charge is -2.22. The topological polar surface area (TPSA) is 74.3 Å². The maximum Gasteiger partial charge on any atom is 0.123 e. The minimum Gasteiger partial charge on any atom is -0.496 e. The molecule has 1 aromatic carbocycles. The second-order valence-electron chi connectivity index (χ2n) is 5.76. The molecule has 3 aromatic rings. The predicted molar refractivity (Wildman–Crippen MR) is 96.0 cm³/mol. The summed E-state index contributed by atoms with van der Waals surface area (Å²) >= 11 is 0. The number of aromatic nitrogens is 3. The Morgan fingerprint density at radius 1 is 1.08 bits per heavy atom. The van der Waals surface area contributed by atoms with E-state index in [0.717, 1.165) is 28.1 Å². The number of aliphatic hydroxyl groups excluding tert-OH is 1. The Bertz CT molecular complexity index is 789. The van der Waals surface area contributed by atoms with Crippen LogP contribution in [-0.4, -0.2) is 45.4 Å². The van der Waals surface area contributed by atoms with Crippen molar-refractivity contribution in [1.82, 2.24) is 20.1 Å². The number of nitrogens with one attached hydrogen (secondary N) is 1. The quantitative estimate of drug-likeness (QED) is 0.660. The molecule has 6 nitrogen and oxygen atoms in total. The summed E-state index contributed by atoms with van der Waals surface area (Å²) in [5.41, 5.74) is 4.11. The first-order chi connectivity index (χ1) is 12.3. The fraction of sp³-hybridized carbons (Fsp3) is 0.263. The van der Waals surface area contributed by atoms with Crippen LogP contribution in [0.2, 0.25) is 0 Å². The second-order valence-corrected chi connectivity index (χ2v) is 5.76. The predicted octanol–water partition coefficient (Wildman–Crippen LogP) is 2.47. The van der Waals surface area contributed by atoms with Crippen LogP contribution in [-0.2, 0) is 13.1 Å². The third-order valence-corrected chi connectivity index (χ3v) is 4.06. The van der Waals surface area contributed by atoms with Gasteiger partial charge in [-0.2, -0.15) is 5.10 Å². The third kappa shape index (κ3) is 4.23. The lowest BCUT2D eigenvalue weighted by atomic mass is 10.1. The van der Waals surface area contributed by atoms with Gasteiger partial charge in [0.1, 0.15) is 5.75 Å². The molecule has 2 aromatic heterocycles. The summed E-state index contributed by atoms with van der Waals surface area (Å²) in [6, 6.07) is 11.8. The maximum atomic E-state index is 9.45. The van der Waals surface area contributed by atoms with E-state index in [0.29, 0.717) is 19.6 Å². The fourth-order valence-corrected chi connectivity index (χ4v) is 2.86. The lowest BCUT2D eigenvalue weighted by Crippen LogP contribution is -2.26. The van der Waals surface area contributed by atoms with Crippen LogP contribution in [0.25, 0.3) is 11.3 Å². The number of nitrogens with zero attached hydrogens (tertiary/aromatic N) is 3. The van der Waals surface area contributed by atoms with E-state index in [2.05, 4.69) is 20.1 Å². The molecule has 2 heterocycles. The highest BCUT2D eigenvalue weighted by atomic mass is 16.5. The molecule has 0 bridgehead atoms. The zero-order valence-electron chi connectivity index (χ0n) is 14.2. The Labute approximate surface area is 147 Å². The van der Waals surface area contributed by atoms with Gasteiger partial charge in [-0.15, -0.1) is 0 Å². The van der Waals surface area contributed by atoms with Gasteiger partial charge in [0.05, 0.1) is 25.6 Å². The van der Waals surface area contributed by atoms with Crippen molar-refractivity contribution in [3.05, 3.63) is 66.1 Å². The third-order valence-electron chi connectivity index (χ3n) is 4.06. The van der Waals surface area contributed by atoms with Gasteiger partial charge >= 0.3 is 0 Å². The molecule has 2 N–H and O–H groups in total. The van der Waals surface area contributed by atoms with Crippen LogP contribution in [0.3, 0.4) is 0 Å². The summed E-state index contributed by atoms with van der Waals surface area (Å²) in [6.45, 7) is 2.01. The average molecular weight is 338 g/mol. The highest BCUT2D eigenvalue weighted by Gasteiger charge is 2.14. The van der Waals surface area contributed by atoms with Crippen molar-refractivity contribution < 1.29 is 9.84 Å². The summed E-state index contributed by atoms with van der Waals surface area (Å²) < 4.78 is 5.44. The number of benzene rings is 1. The normalized spacial score (nSPS) is 11.0. The summed E-state index contributed by atoms with van der Waals surface area (Å²) in [4.78, 5) is 6.34. The van der Waals surface area contributed by atoms with Crippen molar-refractivity contribution in [2.45, 2.75) is 13.1 Å². The van der Waals surface area contributed by atoms with E-state index < -0.39 is 0 Å². The molecule has 0 aliphatic heterocycles. The van der Waals surface area contributed by atoms with Crippen LogP contribution in [0.1, 0.15) is 11.1 Å². The van der Waals surface area contributed by atoms with Crippen LogP contribution in [0.15, 0.2) is 55.0 Å². The molecule has 6 heteroatoms. The molecule has 25 heavy (non-hydrogen) atoms. The number of rotatable bonds is 8. The number of ether oxygens (including phenoxy) is 1. The maximum absolute atomic E-state index is 9.45. The Kier molecular flexibility index (Phi) is 5.77. The lowest BCUT2D eigenvalue weighted by molar-refractivity contribution is 0.183. The van der Waals surface area contributed by atoms with Crippen LogP contribution in [0.4, 0.5) is 0 Å². The van der Waals surface area contributed by atoms with E-state index >= 15 is 0 Å². The summed E-state index contributed by atoms with van der Waals surface area (Å²) in [5.74, 6) is 0.852. The van der Waals surface area contributed by atoms with Crippen molar-refractivity contribution in [2.75, 3.05) is 20.3 Å². The standard InChI is InChI=1S/C19H22N4O2/c1-25-18-7-3-2-5-16(18)13-23(9-10-24)14-17-12-21-22-19(17)15-6-4-8-20-11-15/h2-8,11-12,24H,9-10,13-14H2,1H3,(H,21,22). The van der Waals surface area contributed by atoms with Crippen molar-refractivity contribution in [2.24, 2.45) is 0 Å². The van der Waals surface area contributed by atoms with Gasteiger partial charge in [0.2, 0.25) is 0 Å². The Balaban J connectivity index is 1.80. The van der Waals surface area contributed by atoms with Crippen LogP contribution >= 0.6 is 0 Å². The van der Waals surface area contributed by atoms with Gasteiger partial charge in [0, 0.05) is 48.7 Å². The summed E-state index contributed by atoms with van der Waals surface area (Å²) in [5, 5.41) is 16.7. The first kappa shape index (κ1) is 17.1. The molecule has 0 fully saturated rings. The molecule has 130 valence electrons. The molecule has 3 rings (SSSR count). The molecular weight excluding hydrogens is 316 g/mol. The largest absolute Gasteiger partial charge is 0.496 e. The van der Waals surface area contributed by atoms with Crippen molar-refractivity contribution in [3.63, 3.8) is 0 Å². The van der Waals surface area contributed by atoms with Crippen molar-refractivity contribution in [3.8, 4) is 17.0 Å². The van der Waals surface area contributed by atoms with Gasteiger partial charge in [-0.25, -0.2) is 0 Å². The van der Waals surface area contributed by atoms with Crippen molar-refractivity contribution in [1.29, 1.82) is 0 Å². The molecule has 0 saturated carbocycles. The fourth-order valence-electron chi connectivity index (χ4n) is 2.86. The van der Waals surface area contributed by atoms with Crippen molar-refractivity contribution >= 4 is 0 Å². The van der Waals surface area contributed by atoms with Crippen LogP contribution < -0.4 is 4.74 Å². The molecule has 0 amide bonds. The highest BCUT2D eigenvalue weighted by Crippen LogP contribution is 2.24. The Morgan fingerprint density at radius 3 is 2.68 bits per heavy atom. The van der Waals surface area contributed by atoms with E-state index in [1.807, 2.05) is 48.8 Å². The van der Waals surface area contributed by atoms with E-state index in [9.17, 15) is 5.11 Å². The summed E-state index contributed by atoms with van der Waals surface area (Å²) in [6.07, 6.45) is 5.39. The minimum atomic E-state index is 0.0925. The Hall–Kier alpha value is -2.70. The molecule has 0 unspecified atom stereocenters. The monoisotopic (exact) mass is 338 g/mol. The first-order valence-corrected chi connectivity index (χ1v) is 8.19. The zero-order chi connectivity index (χ0) is 17.5. The number of pyridine rings is 1. The molecule has 0 aliphatic rings. The van der Waals surface area contributed by atoms with Gasteiger partial charge in [0.25, 0.3) is 0 Å². The number of H-pyrrole nitrogens is 1. The van der Waals surface area contributed by atoms with E-state index in [1.54, 1.807) is 13.3 Å². The van der Waals surface area contributed by atoms with Gasteiger partial charge in [-0.3, -0.25) is 15.0 Å². The van der Waals surface area contributed by atoms with Gasteiger partial charge < -0.3 is 9.84 Å². The van der Waals surface area contributed by atoms with Gasteiger partial charge in [-0.1, -0.05) is 18.2 Å². The summed E-state index contributed by atoms with van der Waals surface area (Å²) in [7, 11) is 1.67. The van der Waals surface area contributed by atoms with Crippen LogP contribution in [0.5, 0.6) is 5.75 Å². The minimum absolute atomic E-state index is 0.0925. The number of hydrogen-bond donors (Lipinski definition) is 2. The average Bonchev–Trinajstić information content (AvgIpc) is 3.11. The zero-order valence-corrected chi connectivity index (χ0v) is 14.2. The SMILES string of the molecule is COc1ccccc1CN(CCO)Cc1cn[nH]c1-c1cccnc1. The second kappa shape index (κ2) is 8.41. The highest BCUT2D eigenvalue weighted by molar-refractivity contribution is 5.61.